The molecule has 0 aliphatic carbocycles. The molecule has 2 heterocycles. The number of hydrogen-bond donors (Lipinski definition) is 2. The largest absolute Gasteiger partial charge is 0.454 e. The number of amides is 1. The molecule has 0 spiro atoms. The van der Waals surface area contributed by atoms with Crippen molar-refractivity contribution in [1.82, 2.24) is 10.5 Å². The third-order valence-corrected chi connectivity index (χ3v) is 4.64. The van der Waals surface area contributed by atoms with Crippen LogP contribution in [0.3, 0.4) is 0 Å². The van der Waals surface area contributed by atoms with Crippen LogP contribution in [-0.4, -0.2) is 29.6 Å². The maximum atomic E-state index is 12.4. The number of anilines is 1. The molecule has 0 atom stereocenters. The van der Waals surface area contributed by atoms with Crippen LogP contribution in [0.25, 0.3) is 22.8 Å². The number of thioether (sulfide) groups is 1. The summed E-state index contributed by atoms with van der Waals surface area (Å²) in [5.41, 5.74) is 7.07. The molecule has 136 valence electrons. The lowest BCUT2D eigenvalue weighted by Gasteiger charge is -2.04. The van der Waals surface area contributed by atoms with E-state index in [-0.39, 0.29) is 23.0 Å². The molecule has 0 bridgehead atoms. The number of rotatable bonds is 7. The number of halogens is 1. The van der Waals surface area contributed by atoms with Crippen LogP contribution in [0, 0.1) is 0 Å². The molecule has 0 aliphatic rings. The lowest BCUT2D eigenvalue weighted by Crippen LogP contribution is -2.25. The van der Waals surface area contributed by atoms with Gasteiger partial charge in [-0.2, -0.15) is 11.8 Å². The summed E-state index contributed by atoms with van der Waals surface area (Å²) in [6, 6.07) is 10.8. The summed E-state index contributed by atoms with van der Waals surface area (Å²) in [4.78, 5) is 12.4. The van der Waals surface area contributed by atoms with Gasteiger partial charge in [-0.1, -0.05) is 28.9 Å². The van der Waals surface area contributed by atoms with Gasteiger partial charge in [0.25, 0.3) is 5.91 Å². The van der Waals surface area contributed by atoms with Gasteiger partial charge in [0.15, 0.2) is 11.5 Å². The van der Waals surface area contributed by atoms with Gasteiger partial charge in [0.1, 0.15) is 11.3 Å². The number of carbonyl (C=O) groups excluding carboxylic acids is 1. The smallest absolute Gasteiger partial charge is 0.259 e. The number of nitrogens with one attached hydrogen (secondary N) is 1. The minimum absolute atomic E-state index is 0.0388. The molecule has 0 fully saturated rings. The highest BCUT2D eigenvalue weighted by molar-refractivity contribution is 7.98. The van der Waals surface area contributed by atoms with Gasteiger partial charge in [-0.15, -0.1) is 0 Å². The van der Waals surface area contributed by atoms with Crippen molar-refractivity contribution in [2.45, 2.75) is 6.42 Å². The van der Waals surface area contributed by atoms with Crippen molar-refractivity contribution in [3.8, 4) is 22.8 Å². The van der Waals surface area contributed by atoms with Crippen molar-refractivity contribution in [3.05, 3.63) is 47.0 Å². The zero-order valence-corrected chi connectivity index (χ0v) is 15.7. The molecule has 3 rings (SSSR count). The highest BCUT2D eigenvalue weighted by atomic mass is 35.5. The van der Waals surface area contributed by atoms with E-state index in [0.29, 0.717) is 23.1 Å². The van der Waals surface area contributed by atoms with Gasteiger partial charge in [-0.25, -0.2) is 0 Å². The summed E-state index contributed by atoms with van der Waals surface area (Å²) in [6.07, 6.45) is 2.89. The van der Waals surface area contributed by atoms with Crippen molar-refractivity contribution in [1.29, 1.82) is 0 Å². The molecule has 0 saturated carbocycles. The number of nitrogens with zero attached hydrogens (tertiary/aromatic N) is 1. The first-order chi connectivity index (χ1) is 12.6. The molecular formula is C18H18ClN3O3S. The average Bonchev–Trinajstić information content (AvgIpc) is 3.25. The lowest BCUT2D eigenvalue weighted by atomic mass is 10.1. The Hall–Kier alpha value is -2.38. The second kappa shape index (κ2) is 8.33. The fourth-order valence-corrected chi connectivity index (χ4v) is 3.08. The third kappa shape index (κ3) is 4.05. The summed E-state index contributed by atoms with van der Waals surface area (Å²) >= 11 is 7.74. The maximum absolute atomic E-state index is 12.4. The minimum Gasteiger partial charge on any atom is -0.454 e. The Kier molecular flexibility index (Phi) is 5.90. The first kappa shape index (κ1) is 18.4. The van der Waals surface area contributed by atoms with E-state index in [9.17, 15) is 4.79 Å². The number of nitrogen functional groups attached to an aromatic ring is 1. The Morgan fingerprint density at radius 1 is 1.31 bits per heavy atom. The molecule has 0 saturated heterocycles. The first-order valence-electron chi connectivity index (χ1n) is 7.98. The Labute approximate surface area is 160 Å². The fraction of sp³-hybridized carbons (Fsp3) is 0.222. The summed E-state index contributed by atoms with van der Waals surface area (Å²) in [7, 11) is 0. The van der Waals surface area contributed by atoms with Crippen molar-refractivity contribution in [2.75, 3.05) is 24.3 Å². The predicted molar refractivity (Wildman–Crippen MR) is 104 cm³/mol. The van der Waals surface area contributed by atoms with E-state index in [1.165, 1.54) is 0 Å². The lowest BCUT2D eigenvalue weighted by molar-refractivity contribution is 0.0954. The van der Waals surface area contributed by atoms with E-state index in [1.807, 2.05) is 18.4 Å². The summed E-state index contributed by atoms with van der Waals surface area (Å²) in [6.45, 7) is 0.551. The van der Waals surface area contributed by atoms with Crippen molar-refractivity contribution in [2.24, 2.45) is 0 Å². The summed E-state index contributed by atoms with van der Waals surface area (Å²) in [5.74, 6) is 1.60. The molecular weight excluding hydrogens is 374 g/mol. The average molecular weight is 392 g/mol. The second-order valence-corrected chi connectivity index (χ2v) is 6.97. The Bertz CT molecular complexity index is 907. The standard InChI is InChI=1S/C18H18ClN3O3S/c1-26-9-3-8-21-18(23)15-16(22-25-17(15)20)14-7-6-13(24-14)11-4-2-5-12(19)10-11/h2,4-7,10H,3,8-9,20H2,1H3,(H,21,23). The van der Waals surface area contributed by atoms with E-state index < -0.39 is 0 Å². The highest BCUT2D eigenvalue weighted by Crippen LogP contribution is 2.32. The van der Waals surface area contributed by atoms with E-state index in [1.54, 1.807) is 36.0 Å². The molecule has 0 radical (unpaired) electrons. The normalized spacial score (nSPS) is 10.8. The zero-order chi connectivity index (χ0) is 18.5. The van der Waals surface area contributed by atoms with Gasteiger partial charge in [-0.05, 0) is 42.7 Å². The van der Waals surface area contributed by atoms with Crippen LogP contribution in [0.2, 0.25) is 5.02 Å². The summed E-state index contributed by atoms with van der Waals surface area (Å²) in [5, 5.41) is 7.32. The number of aromatic nitrogens is 1. The van der Waals surface area contributed by atoms with Crippen molar-refractivity contribution in [3.63, 3.8) is 0 Å². The molecule has 8 heteroatoms. The summed E-state index contributed by atoms with van der Waals surface area (Å²) < 4.78 is 10.9. The number of nitrogens with two attached hydrogens (primary N) is 1. The van der Waals surface area contributed by atoms with E-state index in [0.717, 1.165) is 17.7 Å². The Morgan fingerprint density at radius 2 is 2.12 bits per heavy atom. The van der Waals surface area contributed by atoms with E-state index in [4.69, 9.17) is 26.3 Å². The number of benzene rings is 1. The quantitative estimate of drug-likeness (QED) is 0.582. The number of furan rings is 1. The molecule has 0 unspecified atom stereocenters. The van der Waals surface area contributed by atoms with Crippen LogP contribution in [0.5, 0.6) is 0 Å². The molecule has 6 nitrogen and oxygen atoms in total. The van der Waals surface area contributed by atoms with Crippen LogP contribution in [-0.2, 0) is 0 Å². The first-order valence-corrected chi connectivity index (χ1v) is 9.75. The molecule has 3 N–H and O–H groups in total. The Morgan fingerprint density at radius 3 is 2.88 bits per heavy atom. The van der Waals surface area contributed by atoms with Crippen LogP contribution in [0.15, 0.2) is 45.3 Å². The van der Waals surface area contributed by atoms with E-state index in [2.05, 4.69) is 10.5 Å². The van der Waals surface area contributed by atoms with Gasteiger partial charge in [0.2, 0.25) is 5.88 Å². The third-order valence-electron chi connectivity index (χ3n) is 3.70. The SMILES string of the molecule is CSCCCNC(=O)c1c(-c2ccc(-c3cccc(Cl)c3)o2)noc1N. The molecule has 1 aromatic carbocycles. The van der Waals surface area contributed by atoms with Crippen molar-refractivity contribution >= 4 is 35.2 Å². The number of hydrogen-bond acceptors (Lipinski definition) is 6. The molecule has 2 aromatic heterocycles. The van der Waals surface area contributed by atoms with Gasteiger partial charge in [-0.3, -0.25) is 4.79 Å². The molecule has 3 aromatic rings. The highest BCUT2D eigenvalue weighted by Gasteiger charge is 2.24. The van der Waals surface area contributed by atoms with Crippen LogP contribution in [0.4, 0.5) is 5.88 Å². The second-order valence-electron chi connectivity index (χ2n) is 5.55. The Balaban J connectivity index is 1.83. The molecule has 26 heavy (non-hydrogen) atoms. The maximum Gasteiger partial charge on any atom is 0.259 e. The van der Waals surface area contributed by atoms with Crippen LogP contribution in [0.1, 0.15) is 16.8 Å². The monoisotopic (exact) mass is 391 g/mol. The topological polar surface area (TPSA) is 94.3 Å². The minimum atomic E-state index is -0.333. The zero-order valence-electron chi connectivity index (χ0n) is 14.1. The number of carbonyl (C=O) groups is 1. The predicted octanol–water partition coefficient (Wildman–Crippen LogP) is 4.32. The van der Waals surface area contributed by atoms with Gasteiger partial charge >= 0.3 is 0 Å². The van der Waals surface area contributed by atoms with E-state index >= 15 is 0 Å². The van der Waals surface area contributed by atoms with Gasteiger partial charge < -0.3 is 20.0 Å². The van der Waals surface area contributed by atoms with Gasteiger partial charge in [0.05, 0.1) is 0 Å². The molecule has 1 amide bonds. The van der Waals surface area contributed by atoms with Crippen LogP contribution < -0.4 is 11.1 Å². The van der Waals surface area contributed by atoms with Gasteiger partial charge in [0, 0.05) is 17.1 Å². The fourth-order valence-electron chi connectivity index (χ4n) is 2.46. The van der Waals surface area contributed by atoms with Crippen LogP contribution >= 0.6 is 23.4 Å². The molecule has 0 aliphatic heterocycles. The van der Waals surface area contributed by atoms with Crippen molar-refractivity contribution < 1.29 is 13.7 Å².